The molecule has 2 rings (SSSR count). The van der Waals surface area contributed by atoms with Crippen molar-refractivity contribution < 1.29 is 0 Å². The third-order valence-corrected chi connectivity index (χ3v) is 2.81. The van der Waals surface area contributed by atoms with Crippen molar-refractivity contribution in [2.75, 3.05) is 0 Å². The Balaban J connectivity index is 0.00000144. The van der Waals surface area contributed by atoms with E-state index in [4.69, 9.17) is 0 Å². The summed E-state index contributed by atoms with van der Waals surface area (Å²) in [7, 11) is 0. The Morgan fingerprint density at radius 1 is 0.778 bits per heavy atom. The largest absolute Gasteiger partial charge is 0.344 e. The molecule has 0 radical (unpaired) electrons. The van der Waals surface area contributed by atoms with Crippen molar-refractivity contribution in [1.29, 1.82) is 0 Å². The second kappa shape index (κ2) is 8.23. The summed E-state index contributed by atoms with van der Waals surface area (Å²) in [6.07, 6.45) is 2.97. The van der Waals surface area contributed by atoms with Crippen molar-refractivity contribution in [2.24, 2.45) is 0 Å². The van der Waals surface area contributed by atoms with Crippen LogP contribution >= 0.6 is 0 Å². The highest BCUT2D eigenvalue weighted by atomic mass is 14.1. The Kier molecular flexibility index (Phi) is 7.36. The fraction of sp³-hybridized carbons (Fsp3) is 0.125. The predicted molar refractivity (Wildman–Crippen MR) is 79.6 cm³/mol. The first kappa shape index (κ1) is 16.1. The van der Waals surface area contributed by atoms with Crippen LogP contribution < -0.4 is 12.3 Å². The van der Waals surface area contributed by atoms with Gasteiger partial charge in [-0.1, -0.05) is 66.7 Å². The van der Waals surface area contributed by atoms with Crippen LogP contribution in [0.1, 0.15) is 23.5 Å². The Morgan fingerprint density at radius 3 is 1.50 bits per heavy atom. The summed E-state index contributed by atoms with van der Waals surface area (Å²) in [6, 6.07) is 21.2. The van der Waals surface area contributed by atoms with Gasteiger partial charge in [0.05, 0.1) is 0 Å². The number of hydrogen-bond acceptors (Lipinski definition) is 2. The number of rotatable bonds is 4. The van der Waals surface area contributed by atoms with E-state index in [-0.39, 0.29) is 12.3 Å². The average Bonchev–Trinajstić information content (AvgIpc) is 2.38. The molecular weight excluding hydrogens is 220 g/mol. The maximum Gasteiger partial charge on any atom is 0.0124 e. The van der Waals surface area contributed by atoms with E-state index < -0.39 is 0 Å². The maximum atomic E-state index is 3.85. The molecule has 0 atom stereocenters. The summed E-state index contributed by atoms with van der Waals surface area (Å²) in [5, 5.41) is 0. The van der Waals surface area contributed by atoms with E-state index in [0.29, 0.717) is 5.92 Å². The van der Waals surface area contributed by atoms with Crippen molar-refractivity contribution in [2.45, 2.75) is 12.3 Å². The lowest BCUT2D eigenvalue weighted by molar-refractivity contribution is 0.831. The lowest BCUT2D eigenvalue weighted by Gasteiger charge is -2.15. The van der Waals surface area contributed by atoms with Crippen molar-refractivity contribution in [1.82, 2.24) is 12.3 Å². The zero-order valence-corrected chi connectivity index (χ0v) is 10.8. The van der Waals surface area contributed by atoms with Crippen LogP contribution in [0.4, 0.5) is 0 Å². The molecule has 0 bridgehead atoms. The first-order valence-electron chi connectivity index (χ1n) is 5.62. The lowest BCUT2D eigenvalue weighted by Crippen LogP contribution is -1.99. The molecule has 18 heavy (non-hydrogen) atoms. The van der Waals surface area contributed by atoms with Gasteiger partial charge in [0.2, 0.25) is 0 Å². The van der Waals surface area contributed by atoms with E-state index in [0.717, 1.165) is 6.42 Å². The van der Waals surface area contributed by atoms with Gasteiger partial charge in [-0.05, 0) is 17.5 Å². The molecule has 2 aromatic rings. The highest BCUT2D eigenvalue weighted by Gasteiger charge is 2.11. The van der Waals surface area contributed by atoms with Crippen LogP contribution in [0.3, 0.4) is 0 Å². The van der Waals surface area contributed by atoms with Gasteiger partial charge in [-0.2, -0.15) is 0 Å². The normalized spacial score (nSPS) is 9.17. The monoisotopic (exact) mass is 242 g/mol. The molecular formula is C16H22N2. The summed E-state index contributed by atoms with van der Waals surface area (Å²) < 4.78 is 0. The van der Waals surface area contributed by atoms with E-state index in [1.54, 1.807) is 0 Å². The first-order chi connectivity index (χ1) is 7.92. The number of benzene rings is 2. The van der Waals surface area contributed by atoms with Crippen LogP contribution in [0.25, 0.3) is 0 Å². The van der Waals surface area contributed by atoms with Crippen LogP contribution in [-0.2, 0) is 0 Å². The van der Waals surface area contributed by atoms with Gasteiger partial charge in [0.1, 0.15) is 0 Å². The smallest absolute Gasteiger partial charge is 0.0124 e. The van der Waals surface area contributed by atoms with Gasteiger partial charge in [-0.3, -0.25) is 0 Å². The van der Waals surface area contributed by atoms with E-state index in [1.165, 1.54) is 11.1 Å². The second-order valence-corrected chi connectivity index (χ2v) is 3.90. The van der Waals surface area contributed by atoms with Crippen LogP contribution in [0, 0.1) is 0 Å². The number of hydrogen-bond donors (Lipinski definition) is 2. The number of allylic oxidation sites excluding steroid dienone is 1. The third-order valence-electron chi connectivity index (χ3n) is 2.81. The minimum atomic E-state index is 0. The highest BCUT2D eigenvalue weighted by Crippen LogP contribution is 2.27. The van der Waals surface area contributed by atoms with E-state index >= 15 is 0 Å². The van der Waals surface area contributed by atoms with Gasteiger partial charge in [0, 0.05) is 5.92 Å². The SMILES string of the molecule is C=CCC(c1ccccc1)c1ccccc1.N.N. The van der Waals surface area contributed by atoms with Gasteiger partial charge < -0.3 is 12.3 Å². The molecule has 2 heteroatoms. The zero-order chi connectivity index (χ0) is 11.2. The van der Waals surface area contributed by atoms with Gasteiger partial charge in [-0.15, -0.1) is 6.58 Å². The third kappa shape index (κ3) is 3.84. The molecule has 6 N–H and O–H groups in total. The molecule has 0 saturated carbocycles. The van der Waals surface area contributed by atoms with Crippen LogP contribution in [0.2, 0.25) is 0 Å². The summed E-state index contributed by atoms with van der Waals surface area (Å²) in [6.45, 7) is 3.85. The molecule has 0 fully saturated rings. The molecule has 0 aliphatic heterocycles. The molecule has 0 aliphatic carbocycles. The predicted octanol–water partition coefficient (Wildman–Crippen LogP) is 4.72. The minimum absolute atomic E-state index is 0. The fourth-order valence-corrected chi connectivity index (χ4v) is 2.00. The lowest BCUT2D eigenvalue weighted by atomic mass is 9.89. The Bertz CT molecular complexity index is 398. The zero-order valence-electron chi connectivity index (χ0n) is 10.8. The van der Waals surface area contributed by atoms with Crippen molar-refractivity contribution >= 4 is 0 Å². The molecule has 0 spiro atoms. The van der Waals surface area contributed by atoms with E-state index in [2.05, 4.69) is 67.2 Å². The van der Waals surface area contributed by atoms with Crippen LogP contribution in [0.5, 0.6) is 0 Å². The summed E-state index contributed by atoms with van der Waals surface area (Å²) >= 11 is 0. The standard InChI is InChI=1S/C16H16.2H3N/c1-2-9-16(14-10-5-3-6-11-14)15-12-7-4-8-13-15;;/h2-8,10-13,16H,1,9H2;2*1H3. The summed E-state index contributed by atoms with van der Waals surface area (Å²) in [5.74, 6) is 0.430. The molecule has 96 valence electrons. The van der Waals surface area contributed by atoms with E-state index in [1.807, 2.05) is 6.08 Å². The highest BCUT2D eigenvalue weighted by molar-refractivity contribution is 5.32. The Hall–Kier alpha value is -1.90. The Morgan fingerprint density at radius 2 is 1.17 bits per heavy atom. The van der Waals surface area contributed by atoms with Gasteiger partial charge in [0.25, 0.3) is 0 Å². The topological polar surface area (TPSA) is 70.0 Å². The van der Waals surface area contributed by atoms with Crippen molar-refractivity contribution in [3.05, 3.63) is 84.4 Å². The van der Waals surface area contributed by atoms with Crippen LogP contribution in [0.15, 0.2) is 73.3 Å². The van der Waals surface area contributed by atoms with Gasteiger partial charge in [-0.25, -0.2) is 0 Å². The molecule has 0 saturated heterocycles. The fourth-order valence-electron chi connectivity index (χ4n) is 2.00. The van der Waals surface area contributed by atoms with Crippen LogP contribution in [-0.4, -0.2) is 0 Å². The molecule has 0 unspecified atom stereocenters. The quantitative estimate of drug-likeness (QED) is 0.761. The van der Waals surface area contributed by atoms with Crippen molar-refractivity contribution in [3.63, 3.8) is 0 Å². The maximum absolute atomic E-state index is 3.85. The summed E-state index contributed by atoms with van der Waals surface area (Å²) in [4.78, 5) is 0. The van der Waals surface area contributed by atoms with Crippen molar-refractivity contribution in [3.8, 4) is 0 Å². The molecule has 0 aromatic heterocycles. The molecule has 2 aromatic carbocycles. The summed E-state index contributed by atoms with van der Waals surface area (Å²) in [5.41, 5.74) is 2.71. The Labute approximate surface area is 110 Å². The second-order valence-electron chi connectivity index (χ2n) is 3.90. The minimum Gasteiger partial charge on any atom is -0.344 e. The molecule has 2 nitrogen and oxygen atoms in total. The molecule has 0 heterocycles. The molecule has 0 amide bonds. The molecule has 0 aliphatic rings. The van der Waals surface area contributed by atoms with Gasteiger partial charge >= 0.3 is 0 Å². The van der Waals surface area contributed by atoms with Gasteiger partial charge in [0.15, 0.2) is 0 Å². The van der Waals surface area contributed by atoms with E-state index in [9.17, 15) is 0 Å². The average molecular weight is 242 g/mol. The first-order valence-corrected chi connectivity index (χ1v) is 5.62.